The molecule has 1 N–H and O–H groups in total. The van der Waals surface area contributed by atoms with Gasteiger partial charge in [-0.1, -0.05) is 5.16 Å². The third kappa shape index (κ3) is 5.10. The van der Waals surface area contributed by atoms with Gasteiger partial charge in [-0.2, -0.15) is 0 Å². The summed E-state index contributed by atoms with van der Waals surface area (Å²) in [5.74, 6) is 0.647. The Labute approximate surface area is 185 Å². The molecule has 4 heterocycles. The molecule has 0 aromatic carbocycles. The summed E-state index contributed by atoms with van der Waals surface area (Å²) in [6.07, 6.45) is 5.23. The summed E-state index contributed by atoms with van der Waals surface area (Å²) in [7, 11) is -2.98. The van der Waals surface area contributed by atoms with Crippen LogP contribution in [0, 0.1) is 13.8 Å². The molecule has 0 unspecified atom stereocenters. The summed E-state index contributed by atoms with van der Waals surface area (Å²) >= 11 is 0. The van der Waals surface area contributed by atoms with Crippen molar-refractivity contribution in [1.82, 2.24) is 25.4 Å². The van der Waals surface area contributed by atoms with E-state index in [4.69, 9.17) is 9.26 Å². The fourth-order valence-corrected chi connectivity index (χ4v) is 4.84. The van der Waals surface area contributed by atoms with Crippen molar-refractivity contribution in [2.45, 2.75) is 39.3 Å². The number of hydrogen-bond donors (Lipinski definition) is 1. The van der Waals surface area contributed by atoms with Gasteiger partial charge in [-0.05, 0) is 38.8 Å². The number of rotatable bonds is 6. The molecule has 10 nitrogen and oxygen atoms in total. The molecule has 11 heteroatoms. The Morgan fingerprint density at radius 2 is 1.91 bits per heavy atom. The van der Waals surface area contributed by atoms with Crippen molar-refractivity contribution in [2.24, 2.45) is 0 Å². The minimum atomic E-state index is -2.98. The van der Waals surface area contributed by atoms with Gasteiger partial charge in [0, 0.05) is 23.5 Å². The van der Waals surface area contributed by atoms with Crippen molar-refractivity contribution in [3.8, 4) is 17.1 Å². The van der Waals surface area contributed by atoms with Crippen LogP contribution in [0.15, 0.2) is 35.2 Å². The van der Waals surface area contributed by atoms with Gasteiger partial charge in [0.15, 0.2) is 0 Å². The zero-order valence-corrected chi connectivity index (χ0v) is 18.6. The van der Waals surface area contributed by atoms with Crippen LogP contribution in [0.1, 0.15) is 40.3 Å². The van der Waals surface area contributed by atoms with Crippen molar-refractivity contribution < 1.29 is 22.5 Å². The van der Waals surface area contributed by atoms with Gasteiger partial charge in [0.1, 0.15) is 33.6 Å². The molecule has 32 heavy (non-hydrogen) atoms. The molecule has 0 spiro atoms. The Kier molecular flexibility index (Phi) is 6.17. The number of aromatic nitrogens is 4. The number of carbonyl (C=O) groups is 1. The zero-order valence-electron chi connectivity index (χ0n) is 17.7. The predicted molar refractivity (Wildman–Crippen MR) is 115 cm³/mol. The SMILES string of the molecule is Cc1ccc(-c2noc(C)c2COc2cnc(C(=O)NC3CCS(=O)(=O)CC3)cn2)cn1. The van der Waals surface area contributed by atoms with E-state index in [2.05, 4.69) is 25.4 Å². The normalized spacial score (nSPS) is 15.9. The number of pyridine rings is 1. The number of sulfone groups is 1. The Morgan fingerprint density at radius 1 is 1.12 bits per heavy atom. The lowest BCUT2D eigenvalue weighted by Gasteiger charge is -2.22. The van der Waals surface area contributed by atoms with Crippen molar-refractivity contribution in [3.05, 3.63) is 53.4 Å². The van der Waals surface area contributed by atoms with Crippen molar-refractivity contribution in [1.29, 1.82) is 0 Å². The number of hydrogen-bond acceptors (Lipinski definition) is 9. The fourth-order valence-electron chi connectivity index (χ4n) is 3.34. The number of aryl methyl sites for hydroxylation is 2. The van der Waals surface area contributed by atoms with Gasteiger partial charge in [-0.3, -0.25) is 9.78 Å². The highest BCUT2D eigenvalue weighted by atomic mass is 32.2. The van der Waals surface area contributed by atoms with Crippen molar-refractivity contribution >= 4 is 15.7 Å². The summed E-state index contributed by atoms with van der Waals surface area (Å²) in [6, 6.07) is 3.62. The van der Waals surface area contributed by atoms with Crippen LogP contribution < -0.4 is 10.1 Å². The third-order valence-electron chi connectivity index (χ3n) is 5.28. The second-order valence-corrected chi connectivity index (χ2v) is 9.99. The molecular formula is C21H23N5O5S. The highest BCUT2D eigenvalue weighted by molar-refractivity contribution is 7.91. The molecule has 1 saturated heterocycles. The van der Waals surface area contributed by atoms with Crippen LogP contribution in [0.4, 0.5) is 0 Å². The maximum absolute atomic E-state index is 12.4. The maximum atomic E-state index is 12.4. The van der Waals surface area contributed by atoms with Gasteiger partial charge in [0.05, 0.1) is 29.5 Å². The molecule has 0 bridgehead atoms. The Hall–Kier alpha value is -3.34. The zero-order chi connectivity index (χ0) is 22.7. The van der Waals surface area contributed by atoms with Crippen LogP contribution >= 0.6 is 0 Å². The highest BCUT2D eigenvalue weighted by Crippen LogP contribution is 2.26. The molecule has 3 aromatic rings. The van der Waals surface area contributed by atoms with Crippen LogP contribution in [-0.2, 0) is 16.4 Å². The smallest absolute Gasteiger partial charge is 0.271 e. The maximum Gasteiger partial charge on any atom is 0.271 e. The second-order valence-electron chi connectivity index (χ2n) is 7.68. The molecule has 168 valence electrons. The largest absolute Gasteiger partial charge is 0.471 e. The first-order valence-corrected chi connectivity index (χ1v) is 12.0. The van der Waals surface area contributed by atoms with Gasteiger partial charge in [-0.25, -0.2) is 18.4 Å². The van der Waals surface area contributed by atoms with E-state index in [9.17, 15) is 13.2 Å². The molecular weight excluding hydrogens is 434 g/mol. The van der Waals surface area contributed by atoms with Gasteiger partial charge < -0.3 is 14.6 Å². The monoisotopic (exact) mass is 457 g/mol. The molecule has 1 fully saturated rings. The van der Waals surface area contributed by atoms with Gasteiger partial charge in [-0.15, -0.1) is 0 Å². The molecule has 0 saturated carbocycles. The van der Waals surface area contributed by atoms with E-state index in [1.165, 1.54) is 12.4 Å². The predicted octanol–water partition coefficient (Wildman–Crippen LogP) is 2.03. The summed E-state index contributed by atoms with van der Waals surface area (Å²) in [5, 5.41) is 6.92. The average Bonchev–Trinajstić information content (AvgIpc) is 3.15. The molecule has 1 aliphatic heterocycles. The van der Waals surface area contributed by atoms with Crippen molar-refractivity contribution in [2.75, 3.05) is 11.5 Å². The second kappa shape index (κ2) is 9.03. The van der Waals surface area contributed by atoms with E-state index in [1.807, 2.05) is 19.1 Å². The van der Waals surface area contributed by atoms with E-state index in [0.717, 1.165) is 16.8 Å². The van der Waals surface area contributed by atoms with Crippen LogP contribution in [0.25, 0.3) is 11.3 Å². The average molecular weight is 458 g/mol. The van der Waals surface area contributed by atoms with E-state index < -0.39 is 15.7 Å². The quantitative estimate of drug-likeness (QED) is 0.589. The summed E-state index contributed by atoms with van der Waals surface area (Å²) in [4.78, 5) is 24.9. The van der Waals surface area contributed by atoms with Crippen LogP contribution in [-0.4, -0.2) is 52.0 Å². The molecule has 1 aliphatic rings. The number of nitrogens with one attached hydrogen (secondary N) is 1. The van der Waals surface area contributed by atoms with Crippen molar-refractivity contribution in [3.63, 3.8) is 0 Å². The minimum Gasteiger partial charge on any atom is -0.471 e. The third-order valence-corrected chi connectivity index (χ3v) is 7.00. The summed E-state index contributed by atoms with van der Waals surface area (Å²) in [5.41, 5.74) is 3.28. The highest BCUT2D eigenvalue weighted by Gasteiger charge is 2.25. The van der Waals surface area contributed by atoms with Gasteiger partial charge in [0.2, 0.25) is 5.88 Å². The van der Waals surface area contributed by atoms with Gasteiger partial charge in [0.25, 0.3) is 5.91 Å². The summed E-state index contributed by atoms with van der Waals surface area (Å²) < 4.78 is 34.1. The molecule has 0 atom stereocenters. The van der Waals surface area contributed by atoms with Crippen LogP contribution in [0.2, 0.25) is 0 Å². The molecule has 1 amide bonds. The van der Waals surface area contributed by atoms with E-state index in [1.54, 1.807) is 13.1 Å². The van der Waals surface area contributed by atoms with E-state index >= 15 is 0 Å². The van der Waals surface area contributed by atoms with E-state index in [0.29, 0.717) is 24.3 Å². The number of ether oxygens (including phenoxy) is 1. The number of amides is 1. The Bertz CT molecular complexity index is 1190. The lowest BCUT2D eigenvalue weighted by atomic mass is 10.1. The molecule has 0 aliphatic carbocycles. The standard InChI is InChI=1S/C21H23N5O5S/c1-13-3-4-15(9-22-13)20-17(14(2)31-26-20)12-30-19-11-23-18(10-24-19)21(27)25-16-5-7-32(28,29)8-6-16/h3-4,9-11,16H,5-8,12H2,1-2H3,(H,25,27). The number of carbonyl (C=O) groups excluding carboxylic acids is 1. The first-order valence-electron chi connectivity index (χ1n) is 10.1. The first kappa shape index (κ1) is 21.9. The van der Waals surface area contributed by atoms with Crippen LogP contribution in [0.3, 0.4) is 0 Å². The molecule has 3 aromatic heterocycles. The summed E-state index contributed by atoms with van der Waals surface area (Å²) in [6.45, 7) is 3.87. The Morgan fingerprint density at radius 3 is 2.56 bits per heavy atom. The van der Waals surface area contributed by atoms with Gasteiger partial charge >= 0.3 is 0 Å². The van der Waals surface area contributed by atoms with Crippen LogP contribution in [0.5, 0.6) is 5.88 Å². The fraction of sp³-hybridized carbons (Fsp3) is 0.381. The minimum absolute atomic E-state index is 0.0827. The van der Waals surface area contributed by atoms with E-state index in [-0.39, 0.29) is 35.7 Å². The topological polar surface area (TPSA) is 137 Å². The lowest BCUT2D eigenvalue weighted by Crippen LogP contribution is -2.41. The first-order chi connectivity index (χ1) is 15.3. The molecule has 0 radical (unpaired) electrons. The molecule has 4 rings (SSSR count). The lowest BCUT2D eigenvalue weighted by molar-refractivity contribution is 0.0928. The Balaban J connectivity index is 1.37. The number of nitrogens with zero attached hydrogens (tertiary/aromatic N) is 4.